The highest BCUT2D eigenvalue weighted by Gasteiger charge is 2.13. The van der Waals surface area contributed by atoms with Crippen molar-refractivity contribution in [2.75, 3.05) is 24.5 Å². The molecule has 0 spiro atoms. The van der Waals surface area contributed by atoms with Gasteiger partial charge in [-0.2, -0.15) is 0 Å². The molecule has 0 fully saturated rings. The Labute approximate surface area is 125 Å². The molecule has 1 aromatic rings. The number of para-hydroxylation sites is 1. The van der Waals surface area contributed by atoms with E-state index in [1.165, 1.54) is 24.1 Å². The zero-order chi connectivity index (χ0) is 15.0. The molecule has 0 radical (unpaired) electrons. The van der Waals surface area contributed by atoms with Gasteiger partial charge in [0.25, 0.3) is 0 Å². The van der Waals surface area contributed by atoms with Gasteiger partial charge in [-0.1, -0.05) is 32.0 Å². The second-order valence-corrected chi connectivity index (χ2v) is 6.09. The molecule has 0 heterocycles. The summed E-state index contributed by atoms with van der Waals surface area (Å²) in [4.78, 5) is 2.50. The summed E-state index contributed by atoms with van der Waals surface area (Å²) < 4.78 is 0. The van der Waals surface area contributed by atoms with E-state index in [2.05, 4.69) is 56.9 Å². The third kappa shape index (κ3) is 5.16. The molecule has 2 N–H and O–H groups in total. The maximum absolute atomic E-state index is 5.73. The fourth-order valence-corrected chi connectivity index (χ4v) is 2.94. The number of anilines is 1. The van der Waals surface area contributed by atoms with Gasteiger partial charge in [-0.25, -0.2) is 0 Å². The molecule has 2 nitrogen and oxygen atoms in total. The Bertz CT molecular complexity index is 373. The van der Waals surface area contributed by atoms with E-state index < -0.39 is 0 Å². The summed E-state index contributed by atoms with van der Waals surface area (Å²) in [6, 6.07) is 8.68. The third-order valence-electron chi connectivity index (χ3n) is 4.32. The molecule has 0 aliphatic rings. The Morgan fingerprint density at radius 3 is 2.40 bits per heavy atom. The lowest BCUT2D eigenvalue weighted by molar-refractivity contribution is 0.334. The third-order valence-corrected chi connectivity index (χ3v) is 4.32. The normalized spacial score (nSPS) is 12.7. The minimum atomic E-state index is 0.743. The van der Waals surface area contributed by atoms with Crippen LogP contribution in [-0.4, -0.2) is 19.6 Å². The predicted molar refractivity (Wildman–Crippen MR) is 90.3 cm³/mol. The van der Waals surface area contributed by atoms with Gasteiger partial charge in [-0.05, 0) is 63.1 Å². The number of nitrogens with zero attached hydrogens (tertiary/aromatic N) is 1. The van der Waals surface area contributed by atoms with Gasteiger partial charge in [0, 0.05) is 18.8 Å². The van der Waals surface area contributed by atoms with Crippen molar-refractivity contribution in [1.29, 1.82) is 0 Å². The van der Waals surface area contributed by atoms with E-state index in [0.29, 0.717) is 0 Å². The first-order valence-corrected chi connectivity index (χ1v) is 8.10. The van der Waals surface area contributed by atoms with Crippen LogP contribution in [0.1, 0.15) is 45.6 Å². The average Bonchev–Trinajstić information content (AvgIpc) is 2.43. The minimum absolute atomic E-state index is 0.743. The smallest absolute Gasteiger partial charge is 0.0395 e. The maximum Gasteiger partial charge on any atom is 0.0395 e. The Kier molecular flexibility index (Phi) is 7.68. The van der Waals surface area contributed by atoms with Crippen LogP contribution in [0.3, 0.4) is 0 Å². The molecule has 1 rings (SSSR count). The van der Waals surface area contributed by atoms with Gasteiger partial charge in [-0.3, -0.25) is 0 Å². The fraction of sp³-hybridized carbons (Fsp3) is 0.667. The van der Waals surface area contributed by atoms with Gasteiger partial charge in [0.1, 0.15) is 0 Å². The van der Waals surface area contributed by atoms with Gasteiger partial charge >= 0.3 is 0 Å². The summed E-state index contributed by atoms with van der Waals surface area (Å²) >= 11 is 0. The summed E-state index contributed by atoms with van der Waals surface area (Å²) in [7, 11) is 0. The van der Waals surface area contributed by atoms with Crippen LogP contribution in [0.15, 0.2) is 24.3 Å². The van der Waals surface area contributed by atoms with E-state index in [4.69, 9.17) is 5.73 Å². The first-order chi connectivity index (χ1) is 9.60. The molecule has 1 unspecified atom stereocenters. The molecule has 114 valence electrons. The lowest BCUT2D eigenvalue weighted by atomic mass is 9.88. The van der Waals surface area contributed by atoms with Crippen molar-refractivity contribution in [2.24, 2.45) is 17.6 Å². The van der Waals surface area contributed by atoms with Gasteiger partial charge < -0.3 is 10.6 Å². The molecule has 1 atom stereocenters. The summed E-state index contributed by atoms with van der Waals surface area (Å²) in [6.45, 7) is 12.1. The molecule has 0 aliphatic heterocycles. The number of nitrogens with two attached hydrogens (primary N) is 1. The van der Waals surface area contributed by atoms with Crippen molar-refractivity contribution >= 4 is 5.69 Å². The molecule has 0 amide bonds. The molecular weight excluding hydrogens is 244 g/mol. The standard InChI is InChI=1S/C18H32N2/c1-5-20(18-11-7-6-9-16(18)4)14-8-10-17(12-13-19)15(2)3/h6-7,9,11,15,17H,5,8,10,12-14,19H2,1-4H3. The molecule has 0 aliphatic carbocycles. The van der Waals surface area contributed by atoms with Crippen LogP contribution in [0.25, 0.3) is 0 Å². The molecule has 2 heteroatoms. The minimum Gasteiger partial charge on any atom is -0.372 e. The molecule has 1 aromatic carbocycles. The van der Waals surface area contributed by atoms with E-state index in [-0.39, 0.29) is 0 Å². The Morgan fingerprint density at radius 2 is 1.85 bits per heavy atom. The molecule has 0 saturated heterocycles. The maximum atomic E-state index is 5.73. The second kappa shape index (κ2) is 9.02. The SMILES string of the molecule is CCN(CCCC(CCN)C(C)C)c1ccccc1C. The summed E-state index contributed by atoms with van der Waals surface area (Å²) in [6.07, 6.45) is 3.70. The zero-order valence-corrected chi connectivity index (χ0v) is 13.7. The number of aryl methyl sites for hydroxylation is 1. The Hall–Kier alpha value is -1.02. The second-order valence-electron chi connectivity index (χ2n) is 6.09. The van der Waals surface area contributed by atoms with Crippen molar-refractivity contribution < 1.29 is 0 Å². The fourth-order valence-electron chi connectivity index (χ4n) is 2.94. The predicted octanol–water partition coefficient (Wildman–Crippen LogP) is 4.22. The van der Waals surface area contributed by atoms with E-state index in [9.17, 15) is 0 Å². The van der Waals surface area contributed by atoms with Crippen LogP contribution >= 0.6 is 0 Å². The monoisotopic (exact) mass is 276 g/mol. The van der Waals surface area contributed by atoms with Crippen molar-refractivity contribution in [2.45, 2.75) is 47.0 Å². The van der Waals surface area contributed by atoms with E-state index in [1.54, 1.807) is 0 Å². The van der Waals surface area contributed by atoms with Gasteiger partial charge in [0.05, 0.1) is 0 Å². The van der Waals surface area contributed by atoms with Crippen LogP contribution in [0.2, 0.25) is 0 Å². The Morgan fingerprint density at radius 1 is 1.15 bits per heavy atom. The lowest BCUT2D eigenvalue weighted by Crippen LogP contribution is -2.25. The molecule has 0 aromatic heterocycles. The summed E-state index contributed by atoms with van der Waals surface area (Å²) in [5.74, 6) is 1.52. The lowest BCUT2D eigenvalue weighted by Gasteiger charge is -2.27. The summed E-state index contributed by atoms with van der Waals surface area (Å²) in [5.41, 5.74) is 8.48. The van der Waals surface area contributed by atoms with Gasteiger partial charge in [0.2, 0.25) is 0 Å². The Balaban J connectivity index is 2.52. The van der Waals surface area contributed by atoms with E-state index in [0.717, 1.165) is 37.9 Å². The quantitative estimate of drug-likeness (QED) is 0.731. The number of hydrogen-bond donors (Lipinski definition) is 1. The van der Waals surface area contributed by atoms with Crippen molar-refractivity contribution in [3.63, 3.8) is 0 Å². The highest BCUT2D eigenvalue weighted by Crippen LogP contribution is 2.23. The van der Waals surface area contributed by atoms with Crippen molar-refractivity contribution in [3.05, 3.63) is 29.8 Å². The first-order valence-electron chi connectivity index (χ1n) is 8.10. The topological polar surface area (TPSA) is 29.3 Å². The average molecular weight is 276 g/mol. The van der Waals surface area contributed by atoms with E-state index in [1.807, 2.05) is 0 Å². The van der Waals surface area contributed by atoms with Crippen molar-refractivity contribution in [3.8, 4) is 0 Å². The van der Waals surface area contributed by atoms with Crippen LogP contribution in [-0.2, 0) is 0 Å². The molecule has 0 bridgehead atoms. The number of hydrogen-bond acceptors (Lipinski definition) is 2. The number of benzene rings is 1. The van der Waals surface area contributed by atoms with Gasteiger partial charge in [-0.15, -0.1) is 0 Å². The van der Waals surface area contributed by atoms with Crippen molar-refractivity contribution in [1.82, 2.24) is 0 Å². The number of rotatable bonds is 9. The summed E-state index contributed by atoms with van der Waals surface area (Å²) in [5, 5.41) is 0. The van der Waals surface area contributed by atoms with E-state index >= 15 is 0 Å². The van der Waals surface area contributed by atoms with Crippen LogP contribution in [0, 0.1) is 18.8 Å². The first kappa shape index (κ1) is 17.0. The van der Waals surface area contributed by atoms with Gasteiger partial charge in [0.15, 0.2) is 0 Å². The molecule has 0 saturated carbocycles. The zero-order valence-electron chi connectivity index (χ0n) is 13.7. The highest BCUT2D eigenvalue weighted by atomic mass is 15.1. The highest BCUT2D eigenvalue weighted by molar-refractivity contribution is 5.52. The van der Waals surface area contributed by atoms with Crippen LogP contribution in [0.5, 0.6) is 0 Å². The largest absolute Gasteiger partial charge is 0.372 e. The molecular formula is C18H32N2. The van der Waals surface area contributed by atoms with Crippen LogP contribution in [0.4, 0.5) is 5.69 Å². The van der Waals surface area contributed by atoms with Crippen LogP contribution < -0.4 is 10.6 Å². The molecule has 20 heavy (non-hydrogen) atoms.